The topological polar surface area (TPSA) is 42.2 Å². The van der Waals surface area contributed by atoms with Crippen LogP contribution in [0.5, 0.6) is 0 Å². The highest BCUT2D eigenvalue weighted by Crippen LogP contribution is 2.35. The minimum atomic E-state index is 0.494. The Hall–Kier alpha value is -1.10. The predicted octanol–water partition coefficient (Wildman–Crippen LogP) is 3.87. The number of halogens is 1. The van der Waals surface area contributed by atoms with Gasteiger partial charge in [-0.2, -0.15) is 4.98 Å². The summed E-state index contributed by atoms with van der Waals surface area (Å²) in [5.41, 5.74) is 1.36. The molecule has 4 nitrogen and oxygen atoms in total. The van der Waals surface area contributed by atoms with Crippen LogP contribution in [0.1, 0.15) is 39.5 Å². The van der Waals surface area contributed by atoms with Crippen molar-refractivity contribution in [2.24, 2.45) is 5.41 Å². The summed E-state index contributed by atoms with van der Waals surface area (Å²) in [4.78, 5) is 4.54. The van der Waals surface area contributed by atoms with Crippen LogP contribution in [0.15, 0.2) is 22.8 Å². The Morgan fingerprint density at radius 3 is 2.79 bits per heavy atom. The van der Waals surface area contributed by atoms with Crippen LogP contribution in [0, 0.1) is 5.41 Å². The fraction of sp³-hybridized carbons (Fsp3) is 0.571. The molecule has 0 aliphatic heterocycles. The monoisotopic (exact) mass is 322 g/mol. The minimum Gasteiger partial charge on any atom is -0.350 e. The fourth-order valence-corrected chi connectivity index (χ4v) is 3.08. The molecule has 2 aromatic rings. The highest BCUT2D eigenvalue weighted by molar-refractivity contribution is 9.10. The van der Waals surface area contributed by atoms with Crippen LogP contribution < -0.4 is 5.32 Å². The molecule has 0 radical (unpaired) electrons. The fourth-order valence-electron chi connectivity index (χ4n) is 2.66. The summed E-state index contributed by atoms with van der Waals surface area (Å²) < 4.78 is 2.78. The van der Waals surface area contributed by atoms with Crippen LogP contribution in [-0.2, 0) is 0 Å². The number of nitrogens with zero attached hydrogens (tertiary/aromatic N) is 3. The molecular weight excluding hydrogens is 304 g/mol. The van der Waals surface area contributed by atoms with Crippen LogP contribution in [0.2, 0.25) is 0 Å². The average molecular weight is 323 g/mol. The molecular formula is C14H19BrN4. The molecule has 0 unspecified atom stereocenters. The van der Waals surface area contributed by atoms with Crippen molar-refractivity contribution in [3.05, 3.63) is 22.8 Å². The van der Waals surface area contributed by atoms with E-state index in [2.05, 4.69) is 45.2 Å². The van der Waals surface area contributed by atoms with Gasteiger partial charge in [0.25, 0.3) is 0 Å². The molecule has 0 aromatic carbocycles. The molecule has 1 aliphatic carbocycles. The molecule has 0 amide bonds. The van der Waals surface area contributed by atoms with Gasteiger partial charge in [0.1, 0.15) is 0 Å². The Balaban J connectivity index is 1.74. The lowest BCUT2D eigenvalue weighted by Crippen LogP contribution is -2.30. The van der Waals surface area contributed by atoms with Gasteiger partial charge in [0, 0.05) is 12.2 Å². The number of hydrogen-bond donors (Lipinski definition) is 1. The van der Waals surface area contributed by atoms with Crippen LogP contribution in [0.25, 0.3) is 5.65 Å². The largest absolute Gasteiger partial charge is 0.350 e. The van der Waals surface area contributed by atoms with Gasteiger partial charge in [-0.3, -0.25) is 0 Å². The van der Waals surface area contributed by atoms with E-state index in [1.54, 1.807) is 4.52 Å². The number of rotatable bonds is 2. The maximum absolute atomic E-state index is 4.54. The lowest BCUT2D eigenvalue weighted by atomic mass is 9.76. The van der Waals surface area contributed by atoms with Gasteiger partial charge < -0.3 is 5.32 Å². The van der Waals surface area contributed by atoms with Crippen molar-refractivity contribution in [3.8, 4) is 0 Å². The summed E-state index contributed by atoms with van der Waals surface area (Å²) in [7, 11) is 0. The van der Waals surface area contributed by atoms with E-state index in [0.29, 0.717) is 11.5 Å². The zero-order valence-electron chi connectivity index (χ0n) is 11.4. The van der Waals surface area contributed by atoms with Crippen molar-refractivity contribution in [2.75, 3.05) is 5.32 Å². The van der Waals surface area contributed by atoms with Crippen molar-refractivity contribution in [1.82, 2.24) is 14.6 Å². The zero-order chi connectivity index (χ0) is 13.5. The molecule has 2 heterocycles. The summed E-state index contributed by atoms with van der Waals surface area (Å²) in [5.74, 6) is 0.733. The first-order valence-electron chi connectivity index (χ1n) is 6.81. The van der Waals surface area contributed by atoms with Crippen molar-refractivity contribution >= 4 is 27.5 Å². The normalized spacial score (nSPS) is 19.7. The first kappa shape index (κ1) is 12.9. The van der Waals surface area contributed by atoms with Crippen LogP contribution in [0.3, 0.4) is 0 Å². The Morgan fingerprint density at radius 2 is 2.11 bits per heavy atom. The molecule has 5 heteroatoms. The first-order valence-corrected chi connectivity index (χ1v) is 7.60. The Bertz CT molecular complexity index is 580. The maximum Gasteiger partial charge on any atom is 0.243 e. The average Bonchev–Trinajstić information content (AvgIpc) is 2.76. The van der Waals surface area contributed by atoms with Crippen molar-refractivity contribution in [3.63, 3.8) is 0 Å². The quantitative estimate of drug-likeness (QED) is 0.912. The van der Waals surface area contributed by atoms with E-state index in [4.69, 9.17) is 0 Å². The third-order valence-corrected chi connectivity index (χ3v) is 4.61. The van der Waals surface area contributed by atoms with Gasteiger partial charge in [-0.1, -0.05) is 13.8 Å². The molecule has 102 valence electrons. The second-order valence-electron chi connectivity index (χ2n) is 6.14. The van der Waals surface area contributed by atoms with Crippen molar-refractivity contribution < 1.29 is 0 Å². The smallest absolute Gasteiger partial charge is 0.243 e. The van der Waals surface area contributed by atoms with E-state index in [-0.39, 0.29) is 0 Å². The second kappa shape index (κ2) is 4.78. The molecule has 1 N–H and O–H groups in total. The van der Waals surface area contributed by atoms with Gasteiger partial charge in [-0.15, -0.1) is 5.10 Å². The Morgan fingerprint density at radius 1 is 1.37 bits per heavy atom. The lowest BCUT2D eigenvalue weighted by Gasteiger charge is -2.34. The number of fused-ring (bicyclic) bond motifs is 1. The van der Waals surface area contributed by atoms with Crippen LogP contribution >= 0.6 is 15.9 Å². The number of pyridine rings is 1. The molecule has 0 saturated heterocycles. The second-order valence-corrected chi connectivity index (χ2v) is 7.00. The van der Waals surface area contributed by atoms with E-state index in [9.17, 15) is 0 Å². The number of hydrogen-bond acceptors (Lipinski definition) is 3. The van der Waals surface area contributed by atoms with Gasteiger partial charge in [0.15, 0.2) is 5.65 Å². The summed E-state index contributed by atoms with van der Waals surface area (Å²) in [6.45, 7) is 4.70. The van der Waals surface area contributed by atoms with Crippen molar-refractivity contribution in [2.45, 2.75) is 45.6 Å². The maximum atomic E-state index is 4.54. The van der Waals surface area contributed by atoms with Crippen LogP contribution in [-0.4, -0.2) is 20.6 Å². The number of anilines is 1. The molecule has 3 rings (SSSR count). The minimum absolute atomic E-state index is 0.494. The van der Waals surface area contributed by atoms with Gasteiger partial charge in [-0.05, 0) is 59.2 Å². The zero-order valence-corrected chi connectivity index (χ0v) is 12.9. The van der Waals surface area contributed by atoms with Gasteiger partial charge >= 0.3 is 0 Å². The molecule has 1 fully saturated rings. The summed E-state index contributed by atoms with van der Waals surface area (Å²) in [6, 6.07) is 4.44. The van der Waals surface area contributed by atoms with E-state index >= 15 is 0 Å². The van der Waals surface area contributed by atoms with Gasteiger partial charge in [0.05, 0.1) is 4.47 Å². The van der Waals surface area contributed by atoms with E-state index in [1.807, 2.05) is 18.3 Å². The summed E-state index contributed by atoms with van der Waals surface area (Å²) >= 11 is 3.50. The SMILES string of the molecule is CC1(C)CCC(Nc2nc3c(Br)cccn3n2)CC1. The van der Waals surface area contributed by atoms with Gasteiger partial charge in [-0.25, -0.2) is 4.52 Å². The summed E-state index contributed by atoms with van der Waals surface area (Å²) in [5, 5.41) is 7.94. The number of nitrogens with one attached hydrogen (secondary N) is 1. The van der Waals surface area contributed by atoms with Crippen LogP contribution in [0.4, 0.5) is 5.95 Å². The lowest BCUT2D eigenvalue weighted by molar-refractivity contribution is 0.232. The van der Waals surface area contributed by atoms with Gasteiger partial charge in [0.2, 0.25) is 5.95 Å². The van der Waals surface area contributed by atoms with Crippen molar-refractivity contribution in [1.29, 1.82) is 0 Å². The third kappa shape index (κ3) is 2.76. The highest BCUT2D eigenvalue weighted by Gasteiger charge is 2.27. The molecule has 2 aromatic heterocycles. The summed E-state index contributed by atoms with van der Waals surface area (Å²) in [6.07, 6.45) is 6.85. The molecule has 19 heavy (non-hydrogen) atoms. The van der Waals surface area contributed by atoms with E-state index < -0.39 is 0 Å². The molecule has 0 spiro atoms. The molecule has 0 bridgehead atoms. The Labute approximate surface area is 121 Å². The van der Waals surface area contributed by atoms with E-state index in [1.165, 1.54) is 25.7 Å². The first-order chi connectivity index (χ1) is 9.03. The highest BCUT2D eigenvalue weighted by atomic mass is 79.9. The molecule has 1 aliphatic rings. The molecule has 0 atom stereocenters. The molecule has 1 saturated carbocycles. The Kier molecular flexibility index (Phi) is 3.25. The number of aromatic nitrogens is 3. The third-order valence-electron chi connectivity index (χ3n) is 3.99. The van der Waals surface area contributed by atoms with E-state index in [0.717, 1.165) is 16.1 Å². The standard InChI is InChI=1S/C14H19BrN4/c1-14(2)7-5-10(6-8-14)16-13-17-12-11(15)4-3-9-19(12)18-13/h3-4,9-10H,5-8H2,1-2H3,(H,16,18). The predicted molar refractivity (Wildman–Crippen MR) is 80.3 cm³/mol.